The summed E-state index contributed by atoms with van der Waals surface area (Å²) in [6.45, 7) is 7.34. The summed E-state index contributed by atoms with van der Waals surface area (Å²) >= 11 is 0. The summed E-state index contributed by atoms with van der Waals surface area (Å²) < 4.78 is 1.83. The van der Waals surface area contributed by atoms with E-state index >= 15 is 0 Å². The second-order valence-electron chi connectivity index (χ2n) is 6.45. The zero-order valence-electron chi connectivity index (χ0n) is 15.5. The lowest BCUT2D eigenvalue weighted by Crippen LogP contribution is -2.55. The summed E-state index contributed by atoms with van der Waals surface area (Å²) in [5, 5.41) is 10.4. The van der Waals surface area contributed by atoms with Crippen LogP contribution in [0.4, 0.5) is 4.79 Å². The first-order valence-electron chi connectivity index (χ1n) is 8.98. The van der Waals surface area contributed by atoms with Gasteiger partial charge in [0.25, 0.3) is 0 Å². The van der Waals surface area contributed by atoms with Crippen LogP contribution in [-0.2, 0) is 4.79 Å². The molecule has 3 rings (SSSR count). The lowest BCUT2D eigenvalue weighted by atomic mass is 10.0. The van der Waals surface area contributed by atoms with Gasteiger partial charge in [-0.05, 0) is 32.4 Å². The highest BCUT2D eigenvalue weighted by molar-refractivity contribution is 5.89. The molecule has 0 spiro atoms. The maximum absolute atomic E-state index is 12.7. The second-order valence-corrected chi connectivity index (χ2v) is 6.45. The van der Waals surface area contributed by atoms with Crippen molar-refractivity contribution in [3.8, 4) is 5.69 Å². The highest BCUT2D eigenvalue weighted by Crippen LogP contribution is 2.30. The Balaban J connectivity index is 2.01. The Bertz CT molecular complexity index is 800. The molecule has 0 saturated carbocycles. The van der Waals surface area contributed by atoms with Gasteiger partial charge >= 0.3 is 6.03 Å². The molecule has 2 heterocycles. The number of carbonyl (C=O) groups excluding carboxylic acids is 2. The number of urea groups is 1. The van der Waals surface area contributed by atoms with Gasteiger partial charge in [-0.15, -0.1) is 0 Å². The van der Waals surface area contributed by atoms with E-state index in [2.05, 4.69) is 15.7 Å². The van der Waals surface area contributed by atoms with Gasteiger partial charge in [0.15, 0.2) is 0 Å². The fraction of sp³-hybridized carbons (Fsp3) is 0.421. The van der Waals surface area contributed by atoms with Gasteiger partial charge in [-0.25, -0.2) is 9.48 Å². The van der Waals surface area contributed by atoms with Gasteiger partial charge in [0.05, 0.1) is 11.4 Å². The van der Waals surface area contributed by atoms with E-state index in [1.54, 1.807) is 4.90 Å². The molecule has 3 amide bonds. The predicted molar refractivity (Wildman–Crippen MR) is 99.2 cm³/mol. The van der Waals surface area contributed by atoms with E-state index in [4.69, 9.17) is 0 Å². The Morgan fingerprint density at radius 1 is 1.31 bits per heavy atom. The zero-order valence-corrected chi connectivity index (χ0v) is 15.5. The van der Waals surface area contributed by atoms with Crippen LogP contribution in [0.15, 0.2) is 30.3 Å². The molecule has 0 radical (unpaired) electrons. The minimum atomic E-state index is -0.668. The zero-order chi connectivity index (χ0) is 18.7. The third-order valence-corrected chi connectivity index (χ3v) is 4.62. The Kier molecular flexibility index (Phi) is 5.25. The standard InChI is InChI=1S/C19H25N5O2/c1-4-10-21-19(26)23-12-11-20-18(25)17(23)16-13(2)22-24(14(16)3)15-8-6-5-7-9-15/h5-9,17H,4,10-12H2,1-3H3,(H,20,25)(H,21,26). The molecule has 0 bridgehead atoms. The van der Waals surface area contributed by atoms with Crippen LogP contribution in [0.1, 0.15) is 36.3 Å². The number of benzene rings is 1. The molecule has 1 fully saturated rings. The summed E-state index contributed by atoms with van der Waals surface area (Å²) in [5.41, 5.74) is 3.33. The van der Waals surface area contributed by atoms with Crippen LogP contribution in [0.2, 0.25) is 0 Å². The number of para-hydroxylation sites is 1. The van der Waals surface area contributed by atoms with E-state index in [1.807, 2.05) is 55.8 Å². The van der Waals surface area contributed by atoms with Crippen LogP contribution in [0, 0.1) is 13.8 Å². The van der Waals surface area contributed by atoms with Gasteiger partial charge in [0, 0.05) is 30.9 Å². The number of nitrogens with one attached hydrogen (secondary N) is 2. The summed E-state index contributed by atoms with van der Waals surface area (Å²) in [7, 11) is 0. The number of aromatic nitrogens is 2. The van der Waals surface area contributed by atoms with Crippen LogP contribution in [0.5, 0.6) is 0 Å². The van der Waals surface area contributed by atoms with Crippen molar-refractivity contribution in [2.75, 3.05) is 19.6 Å². The molecule has 1 aliphatic rings. The molecule has 1 atom stereocenters. The first kappa shape index (κ1) is 18.0. The molecular formula is C19H25N5O2. The molecule has 1 aromatic heterocycles. The summed E-state index contributed by atoms with van der Waals surface area (Å²) in [6, 6.07) is 8.90. The average Bonchev–Trinajstić information content (AvgIpc) is 2.94. The molecule has 0 aliphatic carbocycles. The third kappa shape index (κ3) is 3.29. The molecule has 7 heteroatoms. The summed E-state index contributed by atoms with van der Waals surface area (Å²) in [6.07, 6.45) is 0.848. The second kappa shape index (κ2) is 7.59. The van der Waals surface area contributed by atoms with Gasteiger partial charge in [-0.3, -0.25) is 4.79 Å². The summed E-state index contributed by atoms with van der Waals surface area (Å²) in [5.74, 6) is -0.165. The highest BCUT2D eigenvalue weighted by atomic mass is 16.2. The van der Waals surface area contributed by atoms with Crippen molar-refractivity contribution in [3.63, 3.8) is 0 Å². The number of rotatable bonds is 4. The topological polar surface area (TPSA) is 79.3 Å². The molecule has 138 valence electrons. The minimum Gasteiger partial charge on any atom is -0.352 e. The first-order chi connectivity index (χ1) is 12.5. The normalized spacial score (nSPS) is 17.1. The highest BCUT2D eigenvalue weighted by Gasteiger charge is 2.37. The lowest BCUT2D eigenvalue weighted by molar-refractivity contribution is -0.127. The molecule has 2 aromatic rings. The number of hydrogen-bond donors (Lipinski definition) is 2. The van der Waals surface area contributed by atoms with E-state index in [0.717, 1.165) is 29.1 Å². The van der Waals surface area contributed by atoms with Crippen molar-refractivity contribution < 1.29 is 9.59 Å². The van der Waals surface area contributed by atoms with Crippen molar-refractivity contribution in [2.45, 2.75) is 33.2 Å². The van der Waals surface area contributed by atoms with Crippen molar-refractivity contribution in [2.24, 2.45) is 0 Å². The molecular weight excluding hydrogens is 330 g/mol. The van der Waals surface area contributed by atoms with Crippen molar-refractivity contribution in [1.29, 1.82) is 0 Å². The van der Waals surface area contributed by atoms with Crippen molar-refractivity contribution in [3.05, 3.63) is 47.3 Å². The number of hydrogen-bond acceptors (Lipinski definition) is 3. The van der Waals surface area contributed by atoms with E-state index in [-0.39, 0.29) is 11.9 Å². The lowest BCUT2D eigenvalue weighted by Gasteiger charge is -2.35. The van der Waals surface area contributed by atoms with Gasteiger partial charge in [-0.1, -0.05) is 25.1 Å². The number of carbonyl (C=O) groups is 2. The fourth-order valence-electron chi connectivity index (χ4n) is 3.38. The van der Waals surface area contributed by atoms with Crippen LogP contribution >= 0.6 is 0 Å². The number of piperazine rings is 1. The van der Waals surface area contributed by atoms with Crippen molar-refractivity contribution >= 4 is 11.9 Å². The first-order valence-corrected chi connectivity index (χ1v) is 8.98. The van der Waals surface area contributed by atoms with E-state index < -0.39 is 6.04 Å². The summed E-state index contributed by atoms with van der Waals surface area (Å²) in [4.78, 5) is 26.9. The number of nitrogens with zero attached hydrogens (tertiary/aromatic N) is 3. The van der Waals surface area contributed by atoms with Crippen LogP contribution in [0.3, 0.4) is 0 Å². The van der Waals surface area contributed by atoms with Crippen molar-refractivity contribution in [1.82, 2.24) is 25.3 Å². The third-order valence-electron chi connectivity index (χ3n) is 4.62. The largest absolute Gasteiger partial charge is 0.352 e. The Hall–Kier alpha value is -2.83. The minimum absolute atomic E-state index is 0.165. The molecule has 2 N–H and O–H groups in total. The molecule has 26 heavy (non-hydrogen) atoms. The quantitative estimate of drug-likeness (QED) is 0.881. The van der Waals surface area contributed by atoms with Gasteiger partial charge in [0.1, 0.15) is 6.04 Å². The van der Waals surface area contributed by atoms with Crippen LogP contribution in [0.25, 0.3) is 5.69 Å². The predicted octanol–water partition coefficient (Wildman–Crippen LogP) is 2.08. The average molecular weight is 355 g/mol. The Morgan fingerprint density at radius 3 is 2.73 bits per heavy atom. The van der Waals surface area contributed by atoms with E-state index in [1.165, 1.54) is 0 Å². The smallest absolute Gasteiger partial charge is 0.318 e. The SMILES string of the molecule is CCCNC(=O)N1CCNC(=O)C1c1c(C)nn(-c2ccccc2)c1C. The van der Waals surface area contributed by atoms with Gasteiger partial charge in [0.2, 0.25) is 5.91 Å². The maximum atomic E-state index is 12.7. The van der Waals surface area contributed by atoms with E-state index in [9.17, 15) is 9.59 Å². The Morgan fingerprint density at radius 2 is 2.04 bits per heavy atom. The molecule has 1 saturated heterocycles. The maximum Gasteiger partial charge on any atom is 0.318 e. The molecule has 7 nitrogen and oxygen atoms in total. The molecule has 1 aromatic carbocycles. The fourth-order valence-corrected chi connectivity index (χ4v) is 3.38. The molecule has 1 aliphatic heterocycles. The van der Waals surface area contributed by atoms with Crippen LogP contribution in [-0.4, -0.2) is 46.3 Å². The van der Waals surface area contributed by atoms with Gasteiger partial charge in [-0.2, -0.15) is 5.10 Å². The van der Waals surface area contributed by atoms with Gasteiger partial charge < -0.3 is 15.5 Å². The molecule has 1 unspecified atom stereocenters. The number of amides is 3. The van der Waals surface area contributed by atoms with Crippen LogP contribution < -0.4 is 10.6 Å². The number of aryl methyl sites for hydroxylation is 1. The Labute approximate surface area is 153 Å². The monoisotopic (exact) mass is 355 g/mol. The van der Waals surface area contributed by atoms with E-state index in [0.29, 0.717) is 19.6 Å².